The van der Waals surface area contributed by atoms with Gasteiger partial charge in [-0.3, -0.25) is 24.5 Å². The molecule has 4 N–H and O–H groups in total. The number of carbonyl (C=O) groups is 2. The number of aromatic nitrogens is 6. The molecule has 20 heteroatoms. The molecule has 0 bridgehead atoms. The fraction of sp³-hybridized carbons (Fsp3) is 0.244. The zero-order valence-electron chi connectivity index (χ0n) is 36.1. The van der Waals surface area contributed by atoms with Crippen LogP contribution in [-0.2, 0) is 32.4 Å². The highest BCUT2D eigenvalue weighted by Gasteiger charge is 2.32. The molecule has 0 aliphatic carbocycles. The van der Waals surface area contributed by atoms with Crippen LogP contribution in [0.5, 0.6) is 11.5 Å². The van der Waals surface area contributed by atoms with E-state index in [-0.39, 0.29) is 34.3 Å². The lowest BCUT2D eigenvalue weighted by molar-refractivity contribution is 0.0809. The van der Waals surface area contributed by atoms with E-state index in [1.807, 2.05) is 13.8 Å². The first kappa shape index (κ1) is 46.5. The number of rotatable bonds is 10. The minimum atomic E-state index is -0.509. The maximum atomic E-state index is 14.2. The van der Waals surface area contributed by atoms with E-state index in [2.05, 4.69) is 50.2 Å². The third-order valence-electron chi connectivity index (χ3n) is 9.95. The monoisotopic (exact) mass is 901 g/mol. The van der Waals surface area contributed by atoms with Crippen LogP contribution in [0.25, 0.3) is 9.69 Å². The molecule has 0 radical (unpaired) electrons. The molecule has 2 amide bonds. The number of nitrogens with two attached hydrogens (primary N) is 1. The summed E-state index contributed by atoms with van der Waals surface area (Å²) in [4.78, 5) is 60.1. The van der Waals surface area contributed by atoms with E-state index in [0.29, 0.717) is 112 Å². The molecule has 2 aliphatic rings. The minimum absolute atomic E-state index is 0.0566. The fourth-order valence-corrected chi connectivity index (χ4v) is 7.12. The third kappa shape index (κ3) is 10.3. The Morgan fingerprint density at radius 1 is 0.723 bits per heavy atom. The number of para-hydroxylation sites is 2. The topological polar surface area (TPSA) is 195 Å². The Hall–Kier alpha value is -8.03. The van der Waals surface area contributed by atoms with E-state index in [1.54, 1.807) is 66.5 Å². The number of anilines is 5. The molecule has 0 atom stereocenters. The lowest BCUT2D eigenvalue weighted by Crippen LogP contribution is -2.18. The molecule has 0 spiro atoms. The quantitative estimate of drug-likeness (QED) is 0.0876. The number of fused-ring (bicyclic) bond motifs is 2. The van der Waals surface area contributed by atoms with Crippen molar-refractivity contribution in [2.75, 3.05) is 44.7 Å². The highest BCUT2D eigenvalue weighted by atomic mass is 35.5. The number of carbonyl (C=O) groups excluding carboxylic acids is 2. The summed E-state index contributed by atoms with van der Waals surface area (Å²) in [5.74, 6) is -0.303. The molecule has 2 aromatic carbocycles. The Bertz CT molecular complexity index is 2890. The Kier molecular flexibility index (Phi) is 14.6. The number of hydrogen-bond acceptors (Lipinski definition) is 13. The van der Waals surface area contributed by atoms with Gasteiger partial charge < -0.3 is 45.3 Å². The molecular formula is C45H42ClF2N13O4. The second kappa shape index (κ2) is 20.4. The molecule has 6 heterocycles. The van der Waals surface area contributed by atoms with E-state index >= 15 is 0 Å². The standard InChI is InChI=1S/C23H21FN6O2.C15H13ClFN3O2.C7H8N4/c1-5-16-22(25-2)28-14(11-26-16)9-13-10-18(20-19(27-13)12-30(3)23(20)31)29-17-8-6-7-15(24)21(17)32-4;1-20-7-11-13(15(20)21)10(6-12(16)19-11)18-9-5-3-4-8(17)14(9)22-2;1-3-5-7(9-2)11-6(8)4-10-5/h6-8,10-11H,5,9,12H2,1,3-4H3,(H,27,29);3-6H,7H2,1-2H3,(H,18,19);4H,3H2,1H3,(H2,8,11). The van der Waals surface area contributed by atoms with Crippen LogP contribution in [0.2, 0.25) is 5.15 Å². The number of amides is 2. The number of methoxy groups -OCH3 is 2. The van der Waals surface area contributed by atoms with Gasteiger partial charge in [0, 0.05) is 14.1 Å². The number of nitrogens with zero attached hydrogens (tertiary/aromatic N) is 10. The molecule has 0 fully saturated rings. The van der Waals surface area contributed by atoms with Gasteiger partial charge in [-0.2, -0.15) is 0 Å². The van der Waals surface area contributed by atoms with Crippen LogP contribution in [0.3, 0.4) is 0 Å². The largest absolute Gasteiger partial charge is 0.492 e. The summed E-state index contributed by atoms with van der Waals surface area (Å²) in [7, 11) is 6.16. The second-order valence-corrected chi connectivity index (χ2v) is 14.7. The summed E-state index contributed by atoms with van der Waals surface area (Å²) in [6.07, 6.45) is 4.78. The van der Waals surface area contributed by atoms with E-state index in [9.17, 15) is 18.4 Å². The van der Waals surface area contributed by atoms with Crippen molar-refractivity contribution in [1.82, 2.24) is 39.7 Å². The average Bonchev–Trinajstić information content (AvgIpc) is 3.74. The molecule has 0 saturated heterocycles. The molecule has 0 saturated carbocycles. The summed E-state index contributed by atoms with van der Waals surface area (Å²) < 4.78 is 38.2. The normalized spacial score (nSPS) is 12.2. The molecule has 8 rings (SSSR count). The molecule has 17 nitrogen and oxygen atoms in total. The van der Waals surface area contributed by atoms with Gasteiger partial charge in [-0.15, -0.1) is 4.98 Å². The van der Waals surface area contributed by atoms with Crippen LogP contribution in [0, 0.1) is 24.8 Å². The van der Waals surface area contributed by atoms with Crippen molar-refractivity contribution in [2.24, 2.45) is 0 Å². The number of hydrogen-bond donors (Lipinski definition) is 3. The zero-order chi connectivity index (χ0) is 46.9. The van der Waals surface area contributed by atoms with Gasteiger partial charge >= 0.3 is 0 Å². The first-order chi connectivity index (χ1) is 31.2. The number of halogens is 3. The van der Waals surface area contributed by atoms with Gasteiger partial charge in [-0.25, -0.2) is 13.8 Å². The average molecular weight is 902 g/mol. The van der Waals surface area contributed by atoms with Gasteiger partial charge in [0.05, 0.1) is 108 Å². The number of aryl methyl sites for hydroxylation is 2. The smallest absolute Gasteiger partial charge is 0.293 e. The second-order valence-electron chi connectivity index (χ2n) is 14.3. The number of nitrogen functional groups attached to an aromatic ring is 1. The van der Waals surface area contributed by atoms with E-state index < -0.39 is 11.6 Å². The lowest BCUT2D eigenvalue weighted by Gasteiger charge is -2.15. The van der Waals surface area contributed by atoms with Crippen molar-refractivity contribution < 1.29 is 27.8 Å². The highest BCUT2D eigenvalue weighted by molar-refractivity contribution is 6.30. The Morgan fingerprint density at radius 2 is 1.22 bits per heavy atom. The Labute approximate surface area is 378 Å². The zero-order valence-corrected chi connectivity index (χ0v) is 36.9. The number of pyridine rings is 2. The van der Waals surface area contributed by atoms with Crippen molar-refractivity contribution in [2.45, 2.75) is 46.2 Å². The molecule has 0 unspecified atom stereocenters. The predicted molar refractivity (Wildman–Crippen MR) is 240 cm³/mol. The maximum absolute atomic E-state index is 14.2. The lowest BCUT2D eigenvalue weighted by atomic mass is 10.1. The maximum Gasteiger partial charge on any atom is 0.293 e. The van der Waals surface area contributed by atoms with Crippen molar-refractivity contribution in [3.8, 4) is 11.5 Å². The van der Waals surface area contributed by atoms with Crippen molar-refractivity contribution in [1.29, 1.82) is 0 Å². The summed E-state index contributed by atoms with van der Waals surface area (Å²) in [5.41, 5.74) is 11.8. The van der Waals surface area contributed by atoms with Gasteiger partial charge in [-0.05, 0) is 49.2 Å². The first-order valence-corrected chi connectivity index (χ1v) is 20.2. The van der Waals surface area contributed by atoms with Crippen LogP contribution in [-0.4, -0.2) is 79.8 Å². The van der Waals surface area contributed by atoms with E-state index in [0.717, 1.165) is 0 Å². The fourth-order valence-electron chi connectivity index (χ4n) is 6.91. The van der Waals surface area contributed by atoms with Crippen LogP contribution in [0.15, 0.2) is 60.9 Å². The molecule has 2 aliphatic heterocycles. The van der Waals surface area contributed by atoms with Crippen LogP contribution in [0.1, 0.15) is 68.7 Å². The first-order valence-electron chi connectivity index (χ1n) is 19.9. The van der Waals surface area contributed by atoms with Crippen LogP contribution < -0.4 is 25.8 Å². The number of benzene rings is 2. The molecule has 332 valence electrons. The molecule has 6 aromatic rings. The van der Waals surface area contributed by atoms with E-state index in [4.69, 9.17) is 40.0 Å². The van der Waals surface area contributed by atoms with Crippen LogP contribution in [0.4, 0.5) is 49.0 Å². The van der Waals surface area contributed by atoms with Gasteiger partial charge in [0.1, 0.15) is 5.15 Å². The molecule has 4 aromatic heterocycles. The van der Waals surface area contributed by atoms with Gasteiger partial charge in [0.25, 0.3) is 23.5 Å². The van der Waals surface area contributed by atoms with Crippen molar-refractivity contribution >= 4 is 63.6 Å². The minimum Gasteiger partial charge on any atom is -0.492 e. The summed E-state index contributed by atoms with van der Waals surface area (Å²) in [6, 6.07) is 12.3. The van der Waals surface area contributed by atoms with Crippen molar-refractivity contribution in [3.05, 3.63) is 146 Å². The highest BCUT2D eigenvalue weighted by Crippen LogP contribution is 2.37. The van der Waals surface area contributed by atoms with Crippen molar-refractivity contribution in [3.63, 3.8) is 0 Å². The number of ether oxygens (including phenoxy) is 2. The summed E-state index contributed by atoms with van der Waals surface area (Å²) in [5, 5.41) is 6.43. The Balaban J connectivity index is 0.000000182. The van der Waals surface area contributed by atoms with Gasteiger partial charge in [0.15, 0.2) is 28.8 Å². The SMILES string of the molecule is COc1c(F)cccc1Nc1cc(Cl)nc2c1C(=O)N(C)C2.[C-]#[N+]c1nc(Cc2cc(Nc3cccc(F)c3OC)c3c(n2)CN(C)C3=O)cnc1CC.[C-]#[N+]c1nc(N)cnc1CC. The summed E-state index contributed by atoms with van der Waals surface area (Å²) >= 11 is 6.01. The summed E-state index contributed by atoms with van der Waals surface area (Å²) in [6.45, 7) is 18.7. The number of nitrogens with one attached hydrogen (secondary N) is 2. The molecule has 65 heavy (non-hydrogen) atoms. The predicted octanol–water partition coefficient (Wildman–Crippen LogP) is 8.44. The van der Waals surface area contributed by atoms with Gasteiger partial charge in [-0.1, -0.05) is 55.7 Å². The molecular weight excluding hydrogens is 860 g/mol. The Morgan fingerprint density at radius 3 is 1.72 bits per heavy atom. The van der Waals surface area contributed by atoms with E-state index in [1.165, 1.54) is 32.5 Å². The van der Waals surface area contributed by atoms with Gasteiger partial charge in [0.2, 0.25) is 5.82 Å². The third-order valence-corrected chi connectivity index (χ3v) is 10.1. The van der Waals surface area contributed by atoms with Crippen LogP contribution >= 0.6 is 11.6 Å².